The van der Waals surface area contributed by atoms with E-state index < -0.39 is 5.97 Å². The van der Waals surface area contributed by atoms with E-state index in [1.54, 1.807) is 24.3 Å². The smallest absolute Gasteiger partial charge is 0.337 e. The summed E-state index contributed by atoms with van der Waals surface area (Å²) >= 11 is 0. The van der Waals surface area contributed by atoms with Gasteiger partial charge in [-0.1, -0.05) is 30.3 Å². The number of carboxylic acid groups (broad SMARTS) is 1. The number of anilines is 1. The van der Waals surface area contributed by atoms with Crippen LogP contribution in [0.3, 0.4) is 0 Å². The molecule has 0 atom stereocenters. The summed E-state index contributed by atoms with van der Waals surface area (Å²) in [6.07, 6.45) is 3.09. The molecule has 4 nitrogen and oxygen atoms in total. The molecule has 0 fully saturated rings. The fraction of sp³-hybridized carbons (Fsp3) is 0.111. The van der Waals surface area contributed by atoms with Gasteiger partial charge in [0.1, 0.15) is 0 Å². The average Bonchev–Trinajstić information content (AvgIpc) is 2.49. The van der Waals surface area contributed by atoms with Crippen LogP contribution >= 0.6 is 0 Å². The first-order chi connectivity index (χ1) is 10.5. The Balaban J connectivity index is 2.11. The zero-order valence-corrected chi connectivity index (χ0v) is 12.5. The average molecular weight is 295 g/mol. The maximum absolute atomic E-state index is 11.9. The van der Waals surface area contributed by atoms with E-state index in [4.69, 9.17) is 5.11 Å². The summed E-state index contributed by atoms with van der Waals surface area (Å²) in [5, 5.41) is 11.7. The molecule has 0 radical (unpaired) electrons. The minimum absolute atomic E-state index is 0.0652. The maximum Gasteiger partial charge on any atom is 0.337 e. The molecule has 112 valence electrons. The number of aryl methyl sites for hydroxylation is 2. The third kappa shape index (κ3) is 3.82. The van der Waals surface area contributed by atoms with Crippen molar-refractivity contribution in [3.8, 4) is 0 Å². The van der Waals surface area contributed by atoms with Crippen LogP contribution in [0.4, 0.5) is 5.69 Å². The number of benzene rings is 2. The first kappa shape index (κ1) is 15.5. The lowest BCUT2D eigenvalue weighted by Gasteiger charge is -2.06. The minimum atomic E-state index is -1.07. The van der Waals surface area contributed by atoms with E-state index in [9.17, 15) is 9.59 Å². The van der Waals surface area contributed by atoms with Gasteiger partial charge in [0.2, 0.25) is 5.91 Å². The highest BCUT2D eigenvalue weighted by Crippen LogP contribution is 2.15. The number of para-hydroxylation sites is 1. The van der Waals surface area contributed by atoms with E-state index in [0.29, 0.717) is 0 Å². The highest BCUT2D eigenvalue weighted by Gasteiger charge is 2.10. The molecule has 0 aliphatic heterocycles. The van der Waals surface area contributed by atoms with Crippen LogP contribution in [0.5, 0.6) is 0 Å². The fourth-order valence-electron chi connectivity index (χ4n) is 1.99. The highest BCUT2D eigenvalue weighted by molar-refractivity contribution is 6.06. The number of rotatable bonds is 4. The molecule has 22 heavy (non-hydrogen) atoms. The predicted octanol–water partition coefficient (Wildman–Crippen LogP) is 3.65. The Kier molecular flexibility index (Phi) is 4.73. The Morgan fingerprint density at radius 2 is 1.77 bits per heavy atom. The number of amides is 1. The number of aromatic carboxylic acids is 1. The molecule has 0 bridgehead atoms. The van der Waals surface area contributed by atoms with Gasteiger partial charge in [-0.3, -0.25) is 4.79 Å². The largest absolute Gasteiger partial charge is 0.478 e. The lowest BCUT2D eigenvalue weighted by atomic mass is 10.1. The summed E-state index contributed by atoms with van der Waals surface area (Å²) < 4.78 is 0. The van der Waals surface area contributed by atoms with Gasteiger partial charge in [-0.15, -0.1) is 0 Å². The minimum Gasteiger partial charge on any atom is -0.478 e. The van der Waals surface area contributed by atoms with Gasteiger partial charge in [0, 0.05) is 6.08 Å². The molecule has 0 spiro atoms. The lowest BCUT2D eigenvalue weighted by molar-refractivity contribution is -0.111. The normalized spacial score (nSPS) is 10.6. The molecule has 2 aromatic carbocycles. The first-order valence-corrected chi connectivity index (χ1v) is 6.86. The third-order valence-corrected chi connectivity index (χ3v) is 3.37. The molecule has 4 heteroatoms. The van der Waals surface area contributed by atoms with Crippen molar-refractivity contribution in [1.29, 1.82) is 0 Å². The van der Waals surface area contributed by atoms with Crippen molar-refractivity contribution in [2.24, 2.45) is 0 Å². The molecule has 0 saturated carbocycles. The molecule has 1 amide bonds. The second kappa shape index (κ2) is 6.72. The fourth-order valence-corrected chi connectivity index (χ4v) is 1.99. The third-order valence-electron chi connectivity index (χ3n) is 3.37. The number of carbonyl (C=O) groups is 2. The van der Waals surface area contributed by atoms with Crippen molar-refractivity contribution >= 4 is 23.6 Å². The predicted molar refractivity (Wildman–Crippen MR) is 87.0 cm³/mol. The molecule has 2 N–H and O–H groups in total. The van der Waals surface area contributed by atoms with E-state index in [-0.39, 0.29) is 17.2 Å². The summed E-state index contributed by atoms with van der Waals surface area (Å²) in [6.45, 7) is 4.04. The van der Waals surface area contributed by atoms with Crippen molar-refractivity contribution in [1.82, 2.24) is 0 Å². The lowest BCUT2D eigenvalue weighted by Crippen LogP contribution is -2.11. The van der Waals surface area contributed by atoms with Crippen LogP contribution in [0.25, 0.3) is 6.08 Å². The monoisotopic (exact) mass is 295 g/mol. The Hall–Kier alpha value is -2.88. The first-order valence-electron chi connectivity index (χ1n) is 6.86. The Bertz CT molecular complexity index is 748. The van der Waals surface area contributed by atoms with Crippen LogP contribution in [-0.4, -0.2) is 17.0 Å². The van der Waals surface area contributed by atoms with Gasteiger partial charge in [-0.25, -0.2) is 4.79 Å². The van der Waals surface area contributed by atoms with Crippen LogP contribution in [0.1, 0.15) is 27.0 Å². The van der Waals surface area contributed by atoms with Gasteiger partial charge in [-0.05, 0) is 48.7 Å². The summed E-state index contributed by atoms with van der Waals surface area (Å²) in [7, 11) is 0. The Labute approximate surface area is 129 Å². The van der Waals surface area contributed by atoms with Crippen LogP contribution in [-0.2, 0) is 4.79 Å². The van der Waals surface area contributed by atoms with Crippen LogP contribution in [0.2, 0.25) is 0 Å². The van der Waals surface area contributed by atoms with Gasteiger partial charge in [0.15, 0.2) is 0 Å². The van der Waals surface area contributed by atoms with Gasteiger partial charge < -0.3 is 10.4 Å². The zero-order chi connectivity index (χ0) is 16.1. The van der Waals surface area contributed by atoms with Gasteiger partial charge in [0.25, 0.3) is 0 Å². The molecular weight excluding hydrogens is 278 g/mol. The summed E-state index contributed by atoms with van der Waals surface area (Å²) in [5.41, 5.74) is 3.61. The number of carboxylic acids is 1. The number of hydrogen-bond acceptors (Lipinski definition) is 2. The summed E-state index contributed by atoms with van der Waals surface area (Å²) in [4.78, 5) is 23.0. The molecule has 0 saturated heterocycles. The molecule has 0 aliphatic carbocycles. The van der Waals surface area contributed by atoms with E-state index in [1.165, 1.54) is 17.7 Å². The molecule has 0 unspecified atom stereocenters. The van der Waals surface area contributed by atoms with Crippen molar-refractivity contribution in [3.63, 3.8) is 0 Å². The highest BCUT2D eigenvalue weighted by atomic mass is 16.4. The summed E-state index contributed by atoms with van der Waals surface area (Å²) in [5.74, 6) is -1.44. The maximum atomic E-state index is 11.9. The van der Waals surface area contributed by atoms with Crippen LogP contribution in [0.15, 0.2) is 48.5 Å². The molecule has 2 aromatic rings. The van der Waals surface area contributed by atoms with Gasteiger partial charge >= 0.3 is 5.97 Å². The van der Waals surface area contributed by atoms with Crippen molar-refractivity contribution in [2.75, 3.05) is 5.32 Å². The molecule has 0 heterocycles. The van der Waals surface area contributed by atoms with Gasteiger partial charge in [0.05, 0.1) is 11.3 Å². The van der Waals surface area contributed by atoms with E-state index in [1.807, 2.05) is 32.0 Å². The van der Waals surface area contributed by atoms with Crippen molar-refractivity contribution in [3.05, 3.63) is 70.8 Å². The van der Waals surface area contributed by atoms with Gasteiger partial charge in [-0.2, -0.15) is 0 Å². The van der Waals surface area contributed by atoms with E-state index in [0.717, 1.165) is 11.1 Å². The van der Waals surface area contributed by atoms with E-state index >= 15 is 0 Å². The second-order valence-corrected chi connectivity index (χ2v) is 5.02. The molecule has 0 aromatic heterocycles. The quantitative estimate of drug-likeness (QED) is 0.846. The number of carbonyl (C=O) groups excluding carboxylic acids is 1. The zero-order valence-electron chi connectivity index (χ0n) is 12.5. The molecule has 2 rings (SSSR count). The van der Waals surface area contributed by atoms with Crippen molar-refractivity contribution in [2.45, 2.75) is 13.8 Å². The Morgan fingerprint density at radius 3 is 2.45 bits per heavy atom. The second-order valence-electron chi connectivity index (χ2n) is 5.02. The number of nitrogens with one attached hydrogen (secondary N) is 1. The van der Waals surface area contributed by atoms with Crippen LogP contribution < -0.4 is 5.32 Å². The van der Waals surface area contributed by atoms with Crippen LogP contribution in [0, 0.1) is 13.8 Å². The molecular formula is C18H17NO3. The van der Waals surface area contributed by atoms with E-state index in [2.05, 4.69) is 5.32 Å². The summed E-state index contributed by atoms with van der Waals surface area (Å²) in [6, 6.07) is 12.2. The standard InChI is InChI=1S/C18H17NO3/c1-12-7-8-14(11-13(12)2)9-10-17(20)19-16-6-4-3-5-15(16)18(21)22/h3-11H,1-2H3,(H,19,20)(H,21,22)/b10-9+. The molecule has 0 aliphatic rings. The Morgan fingerprint density at radius 1 is 1.05 bits per heavy atom. The van der Waals surface area contributed by atoms with Crippen molar-refractivity contribution < 1.29 is 14.7 Å². The number of hydrogen-bond donors (Lipinski definition) is 2. The topological polar surface area (TPSA) is 66.4 Å². The SMILES string of the molecule is Cc1ccc(/C=C/C(=O)Nc2ccccc2C(=O)O)cc1C.